The van der Waals surface area contributed by atoms with Crippen LogP contribution in [0.2, 0.25) is 0 Å². The molecule has 16 heavy (non-hydrogen) atoms. The maximum absolute atomic E-state index is 10.6. The average Bonchev–Trinajstić information content (AvgIpc) is 2.26. The molecule has 0 aliphatic rings. The summed E-state index contributed by atoms with van der Waals surface area (Å²) in [5, 5.41) is 21.0. The molecule has 0 N–H and O–H groups in total. The van der Waals surface area contributed by atoms with E-state index in [4.69, 9.17) is 0 Å². The predicted octanol–water partition coefficient (Wildman–Crippen LogP) is 2.19. The van der Waals surface area contributed by atoms with Crippen LogP contribution in [-0.4, -0.2) is 15.9 Å². The molecule has 0 aliphatic heterocycles. The van der Waals surface area contributed by atoms with E-state index in [1.54, 1.807) is 19.1 Å². The van der Waals surface area contributed by atoms with Gasteiger partial charge >= 0.3 is 0 Å². The van der Waals surface area contributed by atoms with Crippen molar-refractivity contribution in [2.45, 2.75) is 25.8 Å². The van der Waals surface area contributed by atoms with Crippen molar-refractivity contribution in [2.24, 2.45) is 0 Å². The van der Waals surface area contributed by atoms with Gasteiger partial charge in [0.2, 0.25) is 6.04 Å². The minimum atomic E-state index is -0.624. The molecule has 1 aromatic carbocycles. The lowest BCUT2D eigenvalue weighted by Gasteiger charge is -2.06. The maximum Gasteiger partial charge on any atom is 0.269 e. The Kier molecular flexibility index (Phi) is 3.93. The molecule has 0 amide bonds. The minimum Gasteiger partial charge on any atom is -0.264 e. The van der Waals surface area contributed by atoms with E-state index in [1.165, 1.54) is 12.1 Å². The standard InChI is InChI=1S/C10H12N2O4/c1-2-9(11(13)14)7-8-3-5-10(6-4-8)12(15)16/h3-6,9H,2,7H2,1H3. The fraction of sp³-hybridized carbons (Fsp3) is 0.400. The summed E-state index contributed by atoms with van der Waals surface area (Å²) in [5.41, 5.74) is 0.743. The zero-order valence-corrected chi connectivity index (χ0v) is 8.83. The van der Waals surface area contributed by atoms with Gasteiger partial charge in [-0.25, -0.2) is 0 Å². The first-order valence-electron chi connectivity index (χ1n) is 4.91. The third-order valence-electron chi connectivity index (χ3n) is 2.39. The third-order valence-corrected chi connectivity index (χ3v) is 2.39. The van der Waals surface area contributed by atoms with E-state index >= 15 is 0 Å². The molecule has 86 valence electrons. The Hall–Kier alpha value is -1.98. The molecule has 0 saturated carbocycles. The van der Waals surface area contributed by atoms with Crippen LogP contribution in [0.5, 0.6) is 0 Å². The fourth-order valence-corrected chi connectivity index (χ4v) is 1.39. The van der Waals surface area contributed by atoms with Crippen LogP contribution in [0.3, 0.4) is 0 Å². The zero-order chi connectivity index (χ0) is 12.1. The highest BCUT2D eigenvalue weighted by atomic mass is 16.6. The number of hydrogen-bond acceptors (Lipinski definition) is 4. The van der Waals surface area contributed by atoms with Gasteiger partial charge in [0.25, 0.3) is 5.69 Å². The highest BCUT2D eigenvalue weighted by Gasteiger charge is 2.18. The van der Waals surface area contributed by atoms with Crippen LogP contribution < -0.4 is 0 Å². The Morgan fingerprint density at radius 2 is 1.75 bits per heavy atom. The Labute approximate surface area is 92.2 Å². The lowest BCUT2D eigenvalue weighted by molar-refractivity contribution is -0.522. The topological polar surface area (TPSA) is 86.3 Å². The summed E-state index contributed by atoms with van der Waals surface area (Å²) in [6.45, 7) is 1.75. The van der Waals surface area contributed by atoms with Gasteiger partial charge in [-0.05, 0) is 5.56 Å². The molecule has 0 aromatic heterocycles. The zero-order valence-electron chi connectivity index (χ0n) is 8.83. The maximum atomic E-state index is 10.6. The molecule has 0 heterocycles. The quantitative estimate of drug-likeness (QED) is 0.566. The van der Waals surface area contributed by atoms with Gasteiger partial charge < -0.3 is 0 Å². The normalized spacial score (nSPS) is 12.1. The van der Waals surface area contributed by atoms with Crippen molar-refractivity contribution in [1.82, 2.24) is 0 Å². The Balaban J connectivity index is 2.75. The average molecular weight is 224 g/mol. The summed E-state index contributed by atoms with van der Waals surface area (Å²) in [5.74, 6) is 0. The van der Waals surface area contributed by atoms with Gasteiger partial charge in [0.1, 0.15) is 0 Å². The molecular formula is C10H12N2O4. The molecule has 0 radical (unpaired) electrons. The third kappa shape index (κ3) is 3.01. The van der Waals surface area contributed by atoms with Gasteiger partial charge in [0.15, 0.2) is 0 Å². The SMILES string of the molecule is CCC(Cc1ccc([N+](=O)[O-])cc1)[N+](=O)[O-]. The Morgan fingerprint density at radius 3 is 2.12 bits per heavy atom. The van der Waals surface area contributed by atoms with Crippen molar-refractivity contribution >= 4 is 5.69 Å². The van der Waals surface area contributed by atoms with E-state index in [0.717, 1.165) is 5.56 Å². The summed E-state index contributed by atoms with van der Waals surface area (Å²) in [6, 6.07) is 5.22. The number of nitro benzene ring substituents is 1. The Morgan fingerprint density at radius 1 is 1.19 bits per heavy atom. The van der Waals surface area contributed by atoms with Gasteiger partial charge in [0, 0.05) is 29.9 Å². The van der Waals surface area contributed by atoms with Crippen molar-refractivity contribution < 1.29 is 9.85 Å². The first-order chi connectivity index (χ1) is 7.54. The molecular weight excluding hydrogens is 212 g/mol. The van der Waals surface area contributed by atoms with Crippen LogP contribution >= 0.6 is 0 Å². The van der Waals surface area contributed by atoms with Gasteiger partial charge in [-0.2, -0.15) is 0 Å². The van der Waals surface area contributed by atoms with Crippen molar-refractivity contribution in [3.63, 3.8) is 0 Å². The minimum absolute atomic E-state index is 0.00194. The van der Waals surface area contributed by atoms with Crippen LogP contribution in [0.15, 0.2) is 24.3 Å². The monoisotopic (exact) mass is 224 g/mol. The molecule has 1 rings (SSSR count). The fourth-order valence-electron chi connectivity index (χ4n) is 1.39. The first kappa shape index (κ1) is 12.1. The first-order valence-corrected chi connectivity index (χ1v) is 4.91. The van der Waals surface area contributed by atoms with Crippen LogP contribution in [-0.2, 0) is 6.42 Å². The van der Waals surface area contributed by atoms with Gasteiger partial charge in [-0.3, -0.25) is 20.2 Å². The van der Waals surface area contributed by atoms with Gasteiger partial charge in [0.05, 0.1) is 4.92 Å². The molecule has 0 bridgehead atoms. The largest absolute Gasteiger partial charge is 0.269 e. The number of nitrogens with zero attached hydrogens (tertiary/aromatic N) is 2. The lowest BCUT2D eigenvalue weighted by Crippen LogP contribution is -2.20. The van der Waals surface area contributed by atoms with E-state index in [-0.39, 0.29) is 10.6 Å². The smallest absolute Gasteiger partial charge is 0.264 e. The van der Waals surface area contributed by atoms with E-state index in [0.29, 0.717) is 12.8 Å². The highest BCUT2D eigenvalue weighted by molar-refractivity contribution is 5.33. The number of non-ortho nitro benzene ring substituents is 1. The summed E-state index contributed by atoms with van der Waals surface area (Å²) >= 11 is 0. The van der Waals surface area contributed by atoms with E-state index in [9.17, 15) is 20.2 Å². The molecule has 0 aliphatic carbocycles. The summed E-state index contributed by atoms with van der Waals surface area (Å²) < 4.78 is 0. The highest BCUT2D eigenvalue weighted by Crippen LogP contribution is 2.14. The van der Waals surface area contributed by atoms with Crippen molar-refractivity contribution in [1.29, 1.82) is 0 Å². The van der Waals surface area contributed by atoms with E-state index in [2.05, 4.69) is 0 Å². The molecule has 6 nitrogen and oxygen atoms in total. The summed E-state index contributed by atoms with van der Waals surface area (Å²) in [7, 11) is 0. The summed E-state index contributed by atoms with van der Waals surface area (Å²) in [4.78, 5) is 20.2. The second kappa shape index (κ2) is 5.20. The van der Waals surface area contributed by atoms with E-state index < -0.39 is 11.0 Å². The number of benzene rings is 1. The van der Waals surface area contributed by atoms with Crippen molar-refractivity contribution in [3.8, 4) is 0 Å². The lowest BCUT2D eigenvalue weighted by atomic mass is 10.0. The molecule has 1 aromatic rings. The second-order valence-corrected chi connectivity index (χ2v) is 3.48. The van der Waals surface area contributed by atoms with Crippen molar-refractivity contribution in [3.05, 3.63) is 50.1 Å². The van der Waals surface area contributed by atoms with Crippen LogP contribution in [0.4, 0.5) is 5.69 Å². The Bertz CT molecular complexity index is 388. The van der Waals surface area contributed by atoms with Crippen LogP contribution in [0.1, 0.15) is 18.9 Å². The predicted molar refractivity (Wildman–Crippen MR) is 57.9 cm³/mol. The number of rotatable bonds is 5. The van der Waals surface area contributed by atoms with Crippen LogP contribution in [0, 0.1) is 20.2 Å². The second-order valence-electron chi connectivity index (χ2n) is 3.48. The number of nitro groups is 2. The van der Waals surface area contributed by atoms with E-state index in [1.807, 2.05) is 0 Å². The molecule has 1 unspecified atom stereocenters. The molecule has 0 saturated heterocycles. The van der Waals surface area contributed by atoms with Gasteiger partial charge in [-0.15, -0.1) is 0 Å². The van der Waals surface area contributed by atoms with Gasteiger partial charge in [-0.1, -0.05) is 19.1 Å². The number of hydrogen-bond donors (Lipinski definition) is 0. The van der Waals surface area contributed by atoms with Crippen LogP contribution in [0.25, 0.3) is 0 Å². The van der Waals surface area contributed by atoms with Crippen molar-refractivity contribution in [2.75, 3.05) is 0 Å². The molecule has 0 spiro atoms. The molecule has 0 fully saturated rings. The molecule has 6 heteroatoms. The summed E-state index contributed by atoms with van der Waals surface area (Å²) in [6.07, 6.45) is 0.755. The molecule has 1 atom stereocenters.